The Bertz CT molecular complexity index is 928. The van der Waals surface area contributed by atoms with Crippen LogP contribution in [-0.2, 0) is 12.8 Å². The molecule has 0 fully saturated rings. The molecular weight excluding hydrogens is 412 g/mol. The normalized spacial score (nSPS) is 13.3. The van der Waals surface area contributed by atoms with Crippen LogP contribution in [0.5, 0.6) is 0 Å². The summed E-state index contributed by atoms with van der Waals surface area (Å²) < 4.78 is 0. The van der Waals surface area contributed by atoms with E-state index in [-0.39, 0.29) is 0 Å². The fourth-order valence-electron chi connectivity index (χ4n) is 3.52. The highest BCUT2D eigenvalue weighted by Crippen LogP contribution is 2.17. The Kier molecular flexibility index (Phi) is 13.0. The molecule has 0 unspecified atom stereocenters. The summed E-state index contributed by atoms with van der Waals surface area (Å²) in [4.78, 5) is 9.26. The zero-order valence-corrected chi connectivity index (χ0v) is 21.4. The largest absolute Gasteiger partial charge is 0.257 e. The van der Waals surface area contributed by atoms with E-state index in [2.05, 4.69) is 84.5 Å². The minimum atomic E-state index is 0.969. The van der Waals surface area contributed by atoms with Crippen LogP contribution < -0.4 is 0 Å². The van der Waals surface area contributed by atoms with Gasteiger partial charge in [0, 0.05) is 12.4 Å². The Morgan fingerprint density at radius 2 is 1.00 bits per heavy atom. The van der Waals surface area contributed by atoms with Crippen molar-refractivity contribution in [2.24, 2.45) is 9.98 Å². The van der Waals surface area contributed by atoms with Gasteiger partial charge in [0.2, 0.25) is 0 Å². The van der Waals surface area contributed by atoms with Gasteiger partial charge in [-0.25, -0.2) is 0 Å². The quantitative estimate of drug-likeness (QED) is 0.213. The molecule has 2 aromatic carbocycles. The molecule has 0 aliphatic rings. The maximum atomic E-state index is 4.63. The van der Waals surface area contributed by atoms with Crippen LogP contribution in [0.25, 0.3) is 0 Å². The first-order valence-corrected chi connectivity index (χ1v) is 12.6. The number of rotatable bonds is 13. The van der Waals surface area contributed by atoms with Crippen LogP contribution in [-0.4, -0.2) is 12.4 Å². The predicted octanol–water partition coefficient (Wildman–Crippen LogP) is 9.48. The fraction of sp³-hybridized carbons (Fsp3) is 0.312. The smallest absolute Gasteiger partial charge is 0.0629 e. The molecule has 0 aliphatic heterocycles. The summed E-state index contributed by atoms with van der Waals surface area (Å²) in [6, 6.07) is 17.1. The molecule has 0 radical (unpaired) electrons. The van der Waals surface area contributed by atoms with Gasteiger partial charge >= 0.3 is 0 Å². The fourth-order valence-corrected chi connectivity index (χ4v) is 3.52. The molecule has 0 spiro atoms. The summed E-state index contributed by atoms with van der Waals surface area (Å²) >= 11 is 0. The van der Waals surface area contributed by atoms with Crippen molar-refractivity contribution in [2.75, 3.05) is 0 Å². The lowest BCUT2D eigenvalue weighted by Gasteiger charge is -2.03. The molecule has 178 valence electrons. The molecule has 0 aromatic heterocycles. The number of nitrogens with zero attached hydrogens (tertiary/aromatic N) is 2. The van der Waals surface area contributed by atoms with Crippen molar-refractivity contribution in [1.82, 2.24) is 0 Å². The van der Waals surface area contributed by atoms with Crippen molar-refractivity contribution in [3.63, 3.8) is 0 Å². The molecule has 0 saturated carbocycles. The Morgan fingerprint density at radius 3 is 1.32 bits per heavy atom. The molecule has 2 rings (SSSR count). The molecule has 2 heteroatoms. The van der Waals surface area contributed by atoms with Crippen molar-refractivity contribution in [1.29, 1.82) is 0 Å². The molecule has 0 N–H and O–H groups in total. The zero-order valence-electron chi connectivity index (χ0n) is 21.4. The first-order chi connectivity index (χ1) is 16.7. The summed E-state index contributed by atoms with van der Waals surface area (Å²) in [6.45, 7) is 8.51. The van der Waals surface area contributed by atoms with E-state index in [1.807, 2.05) is 50.6 Å². The molecule has 34 heavy (non-hydrogen) atoms. The van der Waals surface area contributed by atoms with Gasteiger partial charge in [-0.2, -0.15) is 0 Å². The molecule has 2 aromatic rings. The Balaban J connectivity index is 2.14. The second-order valence-corrected chi connectivity index (χ2v) is 8.34. The van der Waals surface area contributed by atoms with E-state index in [9.17, 15) is 0 Å². The number of benzene rings is 2. The van der Waals surface area contributed by atoms with E-state index in [1.165, 1.54) is 36.8 Å². The average Bonchev–Trinajstić information content (AvgIpc) is 2.86. The number of unbranched alkanes of at least 4 members (excludes halogenated alkanes) is 2. The number of allylic oxidation sites excluding steroid dienone is 8. The second kappa shape index (κ2) is 16.4. The Morgan fingerprint density at radius 1 is 0.618 bits per heavy atom. The lowest BCUT2D eigenvalue weighted by Crippen LogP contribution is -1.86. The number of aliphatic imine (C=N–C) groups is 2. The molecule has 0 saturated heterocycles. The number of aryl methyl sites for hydroxylation is 2. The third-order valence-electron chi connectivity index (χ3n) is 5.49. The highest BCUT2D eigenvalue weighted by molar-refractivity contribution is 5.82. The molecule has 0 heterocycles. The molecule has 0 amide bonds. The standard InChI is InChI=1S/C32H40N2/c1-5-9-13-27-15-19-31(20-16-27)33-25-23-29(11-7-3)30(12-8-4)24-26-34-32-21-17-28(18-22-32)14-10-6-2/h7-8,11-12,15-26H,5-6,9-10,13-14H2,1-4H3/b11-7-,12-8-,29-23-,30-24+,33-25+,34-26+. The van der Waals surface area contributed by atoms with Crippen LogP contribution in [0, 0.1) is 0 Å². The van der Waals surface area contributed by atoms with E-state index in [4.69, 9.17) is 0 Å². The van der Waals surface area contributed by atoms with E-state index >= 15 is 0 Å². The van der Waals surface area contributed by atoms with Crippen molar-refractivity contribution < 1.29 is 0 Å². The summed E-state index contributed by atoms with van der Waals surface area (Å²) in [5, 5.41) is 0. The van der Waals surface area contributed by atoms with Crippen molar-refractivity contribution in [3.05, 3.63) is 107 Å². The summed E-state index contributed by atoms with van der Waals surface area (Å²) in [6.07, 6.45) is 23.3. The SMILES string of the molecule is C\C=C/C(=C/C=N/c1ccc(CCCC)cc1)C(/C=C\C)=C/C=N/c1ccc(CCCC)cc1. The topological polar surface area (TPSA) is 24.7 Å². The lowest BCUT2D eigenvalue weighted by molar-refractivity contribution is 0.795. The first-order valence-electron chi connectivity index (χ1n) is 12.6. The highest BCUT2D eigenvalue weighted by Gasteiger charge is 1.98. The number of hydrogen-bond acceptors (Lipinski definition) is 2. The zero-order chi connectivity index (χ0) is 24.4. The van der Waals surface area contributed by atoms with Crippen LogP contribution in [0.15, 0.2) is 106 Å². The minimum Gasteiger partial charge on any atom is -0.257 e. The van der Waals surface area contributed by atoms with E-state index < -0.39 is 0 Å². The Hall–Kier alpha value is -3.26. The van der Waals surface area contributed by atoms with E-state index in [1.54, 1.807) is 0 Å². The molecule has 2 nitrogen and oxygen atoms in total. The van der Waals surface area contributed by atoms with Crippen molar-refractivity contribution >= 4 is 23.8 Å². The molecule has 0 bridgehead atoms. The minimum absolute atomic E-state index is 0.969. The van der Waals surface area contributed by atoms with Crippen LogP contribution in [0.2, 0.25) is 0 Å². The maximum absolute atomic E-state index is 4.63. The maximum Gasteiger partial charge on any atom is 0.0629 e. The van der Waals surface area contributed by atoms with Gasteiger partial charge in [-0.3, -0.25) is 9.98 Å². The monoisotopic (exact) mass is 452 g/mol. The second-order valence-electron chi connectivity index (χ2n) is 8.34. The third kappa shape index (κ3) is 10.1. The highest BCUT2D eigenvalue weighted by atomic mass is 14.7. The van der Waals surface area contributed by atoms with Gasteiger partial charge in [0.1, 0.15) is 0 Å². The number of hydrogen-bond donors (Lipinski definition) is 0. The molecular formula is C32H40N2. The van der Waals surface area contributed by atoms with E-state index in [0.717, 1.165) is 35.4 Å². The van der Waals surface area contributed by atoms with Gasteiger partial charge < -0.3 is 0 Å². The third-order valence-corrected chi connectivity index (χ3v) is 5.49. The summed E-state index contributed by atoms with van der Waals surface area (Å²) in [5.74, 6) is 0. The van der Waals surface area contributed by atoms with Crippen LogP contribution >= 0.6 is 0 Å². The van der Waals surface area contributed by atoms with Gasteiger partial charge in [-0.1, -0.05) is 75.3 Å². The van der Waals surface area contributed by atoms with Crippen LogP contribution in [0.1, 0.15) is 64.5 Å². The summed E-state index contributed by atoms with van der Waals surface area (Å²) in [5.41, 5.74) is 6.86. The van der Waals surface area contributed by atoms with E-state index in [0.29, 0.717) is 0 Å². The average molecular weight is 453 g/mol. The van der Waals surface area contributed by atoms with Gasteiger partial charge in [-0.05, 0) is 98.2 Å². The van der Waals surface area contributed by atoms with Crippen LogP contribution in [0.4, 0.5) is 11.4 Å². The lowest BCUT2D eigenvalue weighted by atomic mass is 10.0. The predicted molar refractivity (Wildman–Crippen MR) is 152 cm³/mol. The summed E-state index contributed by atoms with van der Waals surface area (Å²) in [7, 11) is 0. The van der Waals surface area contributed by atoms with Gasteiger partial charge in [0.15, 0.2) is 0 Å². The first kappa shape index (κ1) is 27.0. The van der Waals surface area contributed by atoms with Crippen LogP contribution in [0.3, 0.4) is 0 Å². The van der Waals surface area contributed by atoms with Crippen molar-refractivity contribution in [2.45, 2.75) is 66.2 Å². The van der Waals surface area contributed by atoms with Gasteiger partial charge in [0.25, 0.3) is 0 Å². The Labute approximate surface area is 207 Å². The van der Waals surface area contributed by atoms with Gasteiger partial charge in [0.05, 0.1) is 11.4 Å². The van der Waals surface area contributed by atoms with Gasteiger partial charge in [-0.15, -0.1) is 0 Å². The molecule has 0 atom stereocenters. The van der Waals surface area contributed by atoms with Crippen molar-refractivity contribution in [3.8, 4) is 0 Å². The molecule has 0 aliphatic carbocycles.